The summed E-state index contributed by atoms with van der Waals surface area (Å²) in [6.07, 6.45) is 3.74. The van der Waals surface area contributed by atoms with E-state index < -0.39 is 0 Å². The Morgan fingerprint density at radius 3 is 2.75 bits per heavy atom. The zero-order valence-corrected chi connectivity index (χ0v) is 9.56. The number of aromatic nitrogens is 1. The Labute approximate surface area is 96.2 Å². The maximum atomic E-state index is 8.98. The summed E-state index contributed by atoms with van der Waals surface area (Å²) in [7, 11) is 0. The lowest BCUT2D eigenvalue weighted by atomic mass is 10.2. The van der Waals surface area contributed by atoms with Crippen LogP contribution in [0.3, 0.4) is 0 Å². The van der Waals surface area contributed by atoms with E-state index in [0.29, 0.717) is 12.1 Å². The van der Waals surface area contributed by atoms with Crippen LogP contribution in [0.15, 0.2) is 18.3 Å². The third kappa shape index (κ3) is 3.52. The summed E-state index contributed by atoms with van der Waals surface area (Å²) < 4.78 is 0. The van der Waals surface area contributed by atoms with Crippen LogP contribution in [0.2, 0.25) is 0 Å². The highest BCUT2D eigenvalue weighted by molar-refractivity contribution is 5.41. The molecule has 16 heavy (non-hydrogen) atoms. The molecule has 0 unspecified atom stereocenters. The molecule has 0 saturated carbocycles. The zero-order valence-electron chi connectivity index (χ0n) is 9.56. The van der Waals surface area contributed by atoms with Crippen molar-refractivity contribution in [3.63, 3.8) is 0 Å². The Morgan fingerprint density at radius 2 is 2.25 bits per heavy atom. The lowest BCUT2D eigenvalue weighted by molar-refractivity contribution is 0.301. The van der Waals surface area contributed by atoms with Gasteiger partial charge in [-0.05, 0) is 18.6 Å². The molecule has 0 fully saturated rings. The third-order valence-corrected chi connectivity index (χ3v) is 2.35. The molecule has 0 saturated heterocycles. The first-order valence-corrected chi connectivity index (χ1v) is 5.53. The number of aliphatic hydroxyl groups is 1. The SMILES string of the molecule is CCCCN(CCO)c1ccc(C#N)cn1. The van der Waals surface area contributed by atoms with E-state index >= 15 is 0 Å². The van der Waals surface area contributed by atoms with Crippen LogP contribution in [0.1, 0.15) is 25.3 Å². The van der Waals surface area contributed by atoms with Crippen LogP contribution in [-0.2, 0) is 0 Å². The van der Waals surface area contributed by atoms with Crippen molar-refractivity contribution < 1.29 is 5.11 Å². The van der Waals surface area contributed by atoms with Crippen molar-refractivity contribution in [1.29, 1.82) is 5.26 Å². The molecule has 0 amide bonds. The molecule has 0 atom stereocenters. The van der Waals surface area contributed by atoms with E-state index in [2.05, 4.69) is 11.9 Å². The summed E-state index contributed by atoms with van der Waals surface area (Å²) >= 11 is 0. The van der Waals surface area contributed by atoms with E-state index in [1.165, 1.54) is 0 Å². The molecule has 0 aliphatic carbocycles. The van der Waals surface area contributed by atoms with Crippen molar-refractivity contribution in [2.45, 2.75) is 19.8 Å². The Morgan fingerprint density at radius 1 is 1.44 bits per heavy atom. The van der Waals surface area contributed by atoms with Gasteiger partial charge in [-0.3, -0.25) is 0 Å². The van der Waals surface area contributed by atoms with Gasteiger partial charge in [-0.2, -0.15) is 5.26 Å². The minimum Gasteiger partial charge on any atom is -0.395 e. The summed E-state index contributed by atoms with van der Waals surface area (Å²) in [6, 6.07) is 5.61. The molecule has 0 aliphatic rings. The molecule has 0 bridgehead atoms. The molecule has 1 N–H and O–H groups in total. The molecule has 0 aromatic carbocycles. The van der Waals surface area contributed by atoms with E-state index in [9.17, 15) is 0 Å². The Kier molecular flexibility index (Phi) is 5.30. The van der Waals surface area contributed by atoms with Crippen LogP contribution < -0.4 is 4.90 Å². The standard InChI is InChI=1S/C12H17N3O/c1-2-3-6-15(7-8-16)12-5-4-11(9-13)10-14-12/h4-5,10,16H,2-3,6-8H2,1H3. The minimum atomic E-state index is 0.116. The maximum Gasteiger partial charge on any atom is 0.128 e. The second kappa shape index (κ2) is 6.81. The molecule has 0 aliphatic heterocycles. The molecule has 4 nitrogen and oxygen atoms in total. The van der Waals surface area contributed by atoms with Gasteiger partial charge in [0.25, 0.3) is 0 Å². The Bertz CT molecular complexity index is 342. The topological polar surface area (TPSA) is 60.1 Å². The highest BCUT2D eigenvalue weighted by atomic mass is 16.3. The average molecular weight is 219 g/mol. The fraction of sp³-hybridized carbons (Fsp3) is 0.500. The third-order valence-electron chi connectivity index (χ3n) is 2.35. The fourth-order valence-corrected chi connectivity index (χ4v) is 1.45. The van der Waals surface area contributed by atoms with E-state index in [4.69, 9.17) is 10.4 Å². The first-order chi connectivity index (χ1) is 7.81. The van der Waals surface area contributed by atoms with Gasteiger partial charge in [-0.15, -0.1) is 0 Å². The van der Waals surface area contributed by atoms with Gasteiger partial charge in [-0.1, -0.05) is 13.3 Å². The summed E-state index contributed by atoms with van der Waals surface area (Å²) in [5, 5.41) is 17.6. The summed E-state index contributed by atoms with van der Waals surface area (Å²) in [5.74, 6) is 0.821. The van der Waals surface area contributed by atoms with Gasteiger partial charge < -0.3 is 10.0 Å². The normalized spacial score (nSPS) is 9.81. The molecule has 86 valence electrons. The van der Waals surface area contributed by atoms with Gasteiger partial charge in [-0.25, -0.2) is 4.98 Å². The van der Waals surface area contributed by atoms with Gasteiger partial charge in [0.1, 0.15) is 11.9 Å². The highest BCUT2D eigenvalue weighted by Gasteiger charge is 2.06. The van der Waals surface area contributed by atoms with Crippen LogP contribution in [0.4, 0.5) is 5.82 Å². The second-order valence-corrected chi connectivity index (χ2v) is 3.58. The maximum absolute atomic E-state index is 8.98. The number of nitrogens with zero attached hydrogens (tertiary/aromatic N) is 3. The molecule has 1 aromatic rings. The quantitative estimate of drug-likeness (QED) is 0.788. The van der Waals surface area contributed by atoms with E-state index in [0.717, 1.165) is 25.2 Å². The first kappa shape index (κ1) is 12.5. The van der Waals surface area contributed by atoms with Crippen LogP contribution >= 0.6 is 0 Å². The number of hydrogen-bond acceptors (Lipinski definition) is 4. The van der Waals surface area contributed by atoms with Gasteiger partial charge in [0.05, 0.1) is 12.2 Å². The number of aliphatic hydroxyl groups excluding tert-OH is 1. The fourth-order valence-electron chi connectivity index (χ4n) is 1.45. The predicted octanol–water partition coefficient (Wildman–Crippen LogP) is 1.55. The van der Waals surface area contributed by atoms with Gasteiger partial charge in [0, 0.05) is 19.3 Å². The number of unbranched alkanes of at least 4 members (excludes halogenated alkanes) is 1. The molecule has 0 spiro atoms. The predicted molar refractivity (Wildman–Crippen MR) is 63.2 cm³/mol. The molecular weight excluding hydrogens is 202 g/mol. The number of rotatable bonds is 6. The summed E-state index contributed by atoms with van der Waals surface area (Å²) in [6.45, 7) is 3.71. The lowest BCUT2D eigenvalue weighted by Gasteiger charge is -2.22. The highest BCUT2D eigenvalue weighted by Crippen LogP contribution is 2.11. The van der Waals surface area contributed by atoms with Crippen molar-refractivity contribution in [2.75, 3.05) is 24.6 Å². The van der Waals surface area contributed by atoms with Crippen LogP contribution in [0.25, 0.3) is 0 Å². The Hall–Kier alpha value is -1.60. The smallest absolute Gasteiger partial charge is 0.128 e. The van der Waals surface area contributed by atoms with Crippen molar-refractivity contribution in [1.82, 2.24) is 4.98 Å². The zero-order chi connectivity index (χ0) is 11.8. The van der Waals surface area contributed by atoms with Crippen molar-refractivity contribution in [2.24, 2.45) is 0 Å². The number of nitriles is 1. The molecule has 1 rings (SSSR count). The van der Waals surface area contributed by atoms with Crippen LogP contribution in [0, 0.1) is 11.3 Å². The van der Waals surface area contributed by atoms with Gasteiger partial charge in [0.2, 0.25) is 0 Å². The Balaban J connectivity index is 2.72. The summed E-state index contributed by atoms with van der Waals surface area (Å²) in [4.78, 5) is 6.25. The molecule has 4 heteroatoms. The van der Waals surface area contributed by atoms with Crippen LogP contribution in [0.5, 0.6) is 0 Å². The number of hydrogen-bond donors (Lipinski definition) is 1. The number of pyridine rings is 1. The molecular formula is C12H17N3O. The van der Waals surface area contributed by atoms with Gasteiger partial charge in [0.15, 0.2) is 0 Å². The first-order valence-electron chi connectivity index (χ1n) is 5.53. The van der Waals surface area contributed by atoms with E-state index in [-0.39, 0.29) is 6.61 Å². The van der Waals surface area contributed by atoms with Crippen LogP contribution in [-0.4, -0.2) is 29.8 Å². The molecule has 1 heterocycles. The molecule has 0 radical (unpaired) electrons. The van der Waals surface area contributed by atoms with Gasteiger partial charge >= 0.3 is 0 Å². The second-order valence-electron chi connectivity index (χ2n) is 3.58. The largest absolute Gasteiger partial charge is 0.395 e. The average Bonchev–Trinajstić information content (AvgIpc) is 2.35. The van der Waals surface area contributed by atoms with E-state index in [1.807, 2.05) is 17.0 Å². The van der Waals surface area contributed by atoms with Crippen molar-refractivity contribution in [3.05, 3.63) is 23.9 Å². The monoisotopic (exact) mass is 219 g/mol. The van der Waals surface area contributed by atoms with E-state index in [1.54, 1.807) is 12.3 Å². The molecule has 1 aromatic heterocycles. The summed E-state index contributed by atoms with van der Waals surface area (Å²) in [5.41, 5.74) is 0.559. The van der Waals surface area contributed by atoms with Crippen molar-refractivity contribution in [3.8, 4) is 6.07 Å². The minimum absolute atomic E-state index is 0.116. The lowest BCUT2D eigenvalue weighted by Crippen LogP contribution is -2.28. The van der Waals surface area contributed by atoms with Crippen molar-refractivity contribution >= 4 is 5.82 Å². The number of anilines is 1.